The molecule has 1 N–H and O–H groups in total. The molecule has 5 nitrogen and oxygen atoms in total. The predicted molar refractivity (Wildman–Crippen MR) is 68.8 cm³/mol. The van der Waals surface area contributed by atoms with Gasteiger partial charge in [-0.3, -0.25) is 14.1 Å². The number of thiazole rings is 1. The van der Waals surface area contributed by atoms with Crippen molar-refractivity contribution in [3.05, 3.63) is 23.5 Å². The Morgan fingerprint density at radius 3 is 3.11 bits per heavy atom. The van der Waals surface area contributed by atoms with Gasteiger partial charge in [-0.25, -0.2) is 4.98 Å². The first-order valence-electron chi connectivity index (χ1n) is 6.09. The molecule has 2 aromatic rings. The van der Waals surface area contributed by atoms with Gasteiger partial charge in [0.05, 0.1) is 12.1 Å². The number of aromatic nitrogens is 2. The number of carboxylic acids is 1. The molecule has 0 spiro atoms. The third-order valence-electron chi connectivity index (χ3n) is 3.18. The van der Waals surface area contributed by atoms with E-state index in [1.807, 2.05) is 22.2 Å². The van der Waals surface area contributed by atoms with Gasteiger partial charge in [-0.05, 0) is 12.8 Å². The fourth-order valence-electron chi connectivity index (χ4n) is 2.13. The first kappa shape index (κ1) is 11.7. The second-order valence-electron chi connectivity index (χ2n) is 4.67. The number of rotatable bonds is 6. The van der Waals surface area contributed by atoms with E-state index in [0.717, 1.165) is 17.2 Å². The van der Waals surface area contributed by atoms with Gasteiger partial charge in [0.1, 0.15) is 0 Å². The monoisotopic (exact) mass is 265 g/mol. The summed E-state index contributed by atoms with van der Waals surface area (Å²) in [5.74, 6) is -0.730. The van der Waals surface area contributed by atoms with Gasteiger partial charge in [0.25, 0.3) is 0 Å². The fourth-order valence-corrected chi connectivity index (χ4v) is 2.85. The molecule has 0 bridgehead atoms. The van der Waals surface area contributed by atoms with E-state index >= 15 is 0 Å². The SMILES string of the molecule is O=C(O)CCN(Cc1cn2ccsc2n1)C1CC1. The van der Waals surface area contributed by atoms with E-state index in [9.17, 15) is 4.79 Å². The first-order valence-corrected chi connectivity index (χ1v) is 6.97. The molecule has 1 saturated carbocycles. The van der Waals surface area contributed by atoms with Crippen molar-refractivity contribution in [1.82, 2.24) is 14.3 Å². The predicted octanol–water partition coefficient (Wildman–Crippen LogP) is 1.83. The van der Waals surface area contributed by atoms with Crippen molar-refractivity contribution in [1.29, 1.82) is 0 Å². The van der Waals surface area contributed by atoms with Crippen molar-refractivity contribution in [2.75, 3.05) is 6.54 Å². The molecule has 2 heterocycles. The van der Waals surface area contributed by atoms with Gasteiger partial charge in [0, 0.05) is 36.9 Å². The van der Waals surface area contributed by atoms with Gasteiger partial charge in [-0.2, -0.15) is 0 Å². The van der Waals surface area contributed by atoms with Crippen LogP contribution in [0.2, 0.25) is 0 Å². The van der Waals surface area contributed by atoms with Crippen LogP contribution in [0.15, 0.2) is 17.8 Å². The Labute approximate surface area is 109 Å². The van der Waals surface area contributed by atoms with Gasteiger partial charge in [0.15, 0.2) is 4.96 Å². The molecule has 1 fully saturated rings. The number of aliphatic carboxylic acids is 1. The van der Waals surface area contributed by atoms with Crippen molar-refractivity contribution in [2.24, 2.45) is 0 Å². The molecule has 0 saturated heterocycles. The van der Waals surface area contributed by atoms with Crippen LogP contribution in [0.4, 0.5) is 0 Å². The summed E-state index contributed by atoms with van der Waals surface area (Å²) in [7, 11) is 0. The highest BCUT2D eigenvalue weighted by molar-refractivity contribution is 7.15. The summed E-state index contributed by atoms with van der Waals surface area (Å²) in [5.41, 5.74) is 1.03. The smallest absolute Gasteiger partial charge is 0.304 e. The highest BCUT2D eigenvalue weighted by Gasteiger charge is 2.29. The van der Waals surface area contributed by atoms with E-state index in [1.165, 1.54) is 12.8 Å². The maximum absolute atomic E-state index is 10.7. The Morgan fingerprint density at radius 1 is 1.61 bits per heavy atom. The summed E-state index contributed by atoms with van der Waals surface area (Å²) in [4.78, 5) is 18.4. The molecule has 0 amide bonds. The van der Waals surface area contributed by atoms with Gasteiger partial charge in [0.2, 0.25) is 0 Å². The maximum Gasteiger partial charge on any atom is 0.304 e. The molecule has 0 aromatic carbocycles. The zero-order chi connectivity index (χ0) is 12.5. The van der Waals surface area contributed by atoms with Gasteiger partial charge >= 0.3 is 5.97 Å². The average Bonchev–Trinajstić information content (AvgIpc) is 2.95. The Morgan fingerprint density at radius 2 is 2.44 bits per heavy atom. The fraction of sp³-hybridized carbons (Fsp3) is 0.500. The zero-order valence-electron chi connectivity index (χ0n) is 9.95. The van der Waals surface area contributed by atoms with Gasteiger partial charge < -0.3 is 5.11 Å². The van der Waals surface area contributed by atoms with E-state index < -0.39 is 5.97 Å². The van der Waals surface area contributed by atoms with Crippen molar-refractivity contribution in [2.45, 2.75) is 31.8 Å². The molecular formula is C12H15N3O2S. The normalized spacial score (nSPS) is 15.6. The van der Waals surface area contributed by atoms with Crippen LogP contribution in [0.5, 0.6) is 0 Å². The quantitative estimate of drug-likeness (QED) is 0.865. The minimum atomic E-state index is -0.730. The lowest BCUT2D eigenvalue weighted by Crippen LogP contribution is -2.28. The summed E-state index contributed by atoms with van der Waals surface area (Å²) in [5, 5.41) is 10.8. The third kappa shape index (κ3) is 2.54. The second-order valence-corrected chi connectivity index (χ2v) is 5.54. The molecule has 0 radical (unpaired) electrons. The number of carboxylic acid groups (broad SMARTS) is 1. The largest absolute Gasteiger partial charge is 0.481 e. The lowest BCUT2D eigenvalue weighted by Gasteiger charge is -2.19. The van der Waals surface area contributed by atoms with Crippen molar-refractivity contribution < 1.29 is 9.90 Å². The van der Waals surface area contributed by atoms with Crippen LogP contribution in [0.25, 0.3) is 4.96 Å². The molecule has 2 aromatic heterocycles. The van der Waals surface area contributed by atoms with Crippen LogP contribution in [-0.4, -0.2) is 37.9 Å². The number of hydrogen-bond acceptors (Lipinski definition) is 4. The molecular weight excluding hydrogens is 250 g/mol. The summed E-state index contributed by atoms with van der Waals surface area (Å²) in [6.07, 6.45) is 6.60. The van der Waals surface area contributed by atoms with E-state index in [-0.39, 0.29) is 6.42 Å². The molecule has 18 heavy (non-hydrogen) atoms. The van der Waals surface area contributed by atoms with E-state index in [2.05, 4.69) is 9.88 Å². The molecule has 0 unspecified atom stereocenters. The number of imidazole rings is 1. The molecule has 6 heteroatoms. The third-order valence-corrected chi connectivity index (χ3v) is 3.96. The maximum atomic E-state index is 10.7. The van der Waals surface area contributed by atoms with Crippen molar-refractivity contribution >= 4 is 22.3 Å². The summed E-state index contributed by atoms with van der Waals surface area (Å²) in [6, 6.07) is 0.559. The van der Waals surface area contributed by atoms with E-state index in [1.54, 1.807) is 11.3 Å². The van der Waals surface area contributed by atoms with Crippen molar-refractivity contribution in [3.63, 3.8) is 0 Å². The van der Waals surface area contributed by atoms with Crippen LogP contribution in [0.1, 0.15) is 25.0 Å². The topological polar surface area (TPSA) is 57.8 Å². The zero-order valence-corrected chi connectivity index (χ0v) is 10.8. The Hall–Kier alpha value is -1.40. The van der Waals surface area contributed by atoms with Crippen LogP contribution in [-0.2, 0) is 11.3 Å². The standard InChI is InChI=1S/C12H15N3O2S/c16-11(17)3-4-14(10-1-2-10)7-9-8-15-5-6-18-12(15)13-9/h5-6,8,10H,1-4,7H2,(H,16,17). The second kappa shape index (κ2) is 4.70. The average molecular weight is 265 g/mol. The lowest BCUT2D eigenvalue weighted by atomic mass is 10.3. The lowest BCUT2D eigenvalue weighted by molar-refractivity contribution is -0.137. The van der Waals surface area contributed by atoms with Crippen LogP contribution in [0.3, 0.4) is 0 Å². The van der Waals surface area contributed by atoms with Crippen molar-refractivity contribution in [3.8, 4) is 0 Å². The van der Waals surface area contributed by atoms with Gasteiger partial charge in [-0.1, -0.05) is 0 Å². The Kier molecular flexibility index (Phi) is 3.05. The van der Waals surface area contributed by atoms with E-state index in [0.29, 0.717) is 12.6 Å². The molecule has 3 rings (SSSR count). The van der Waals surface area contributed by atoms with Crippen LogP contribution < -0.4 is 0 Å². The molecule has 1 aliphatic rings. The number of carbonyl (C=O) groups is 1. The summed E-state index contributed by atoms with van der Waals surface area (Å²) < 4.78 is 2.02. The molecule has 1 aliphatic carbocycles. The number of nitrogens with zero attached hydrogens (tertiary/aromatic N) is 3. The Balaban J connectivity index is 1.67. The Bertz CT molecular complexity index is 530. The first-order chi connectivity index (χ1) is 8.72. The molecule has 0 atom stereocenters. The number of hydrogen-bond donors (Lipinski definition) is 1. The minimum Gasteiger partial charge on any atom is -0.481 e. The highest BCUT2D eigenvalue weighted by atomic mass is 32.1. The molecule has 0 aliphatic heterocycles. The van der Waals surface area contributed by atoms with E-state index in [4.69, 9.17) is 5.11 Å². The van der Waals surface area contributed by atoms with Gasteiger partial charge in [-0.15, -0.1) is 11.3 Å². The number of fused-ring (bicyclic) bond motifs is 1. The molecule has 96 valence electrons. The summed E-state index contributed by atoms with van der Waals surface area (Å²) >= 11 is 1.62. The summed E-state index contributed by atoms with van der Waals surface area (Å²) in [6.45, 7) is 1.37. The highest BCUT2D eigenvalue weighted by Crippen LogP contribution is 2.28. The minimum absolute atomic E-state index is 0.207. The van der Waals surface area contributed by atoms with Crippen LogP contribution >= 0.6 is 11.3 Å². The van der Waals surface area contributed by atoms with Crippen LogP contribution in [0, 0.1) is 0 Å².